The molecule has 0 saturated heterocycles. The molecule has 0 heterocycles. The maximum absolute atomic E-state index is 13.5. The molecule has 2 N–H and O–H groups in total. The van der Waals surface area contributed by atoms with Gasteiger partial charge in [-0.15, -0.1) is 0 Å². The molecule has 1 rings (SSSR count). The Hall–Kier alpha value is -1.05. The molecule has 0 aliphatic heterocycles. The van der Waals surface area contributed by atoms with Crippen molar-refractivity contribution >= 4 is 10.0 Å². The second kappa shape index (κ2) is 6.21. The van der Waals surface area contributed by atoms with E-state index in [1.165, 1.54) is 13.0 Å². The lowest BCUT2D eigenvalue weighted by atomic mass is 10.1. The van der Waals surface area contributed by atoms with Crippen LogP contribution in [0.2, 0.25) is 0 Å². The van der Waals surface area contributed by atoms with Crippen LogP contribution in [0.4, 0.5) is 8.78 Å². The molecule has 4 nitrogen and oxygen atoms in total. The zero-order valence-electron chi connectivity index (χ0n) is 9.91. The molecule has 0 aliphatic carbocycles. The number of hydrogen-bond donors (Lipinski definition) is 2. The van der Waals surface area contributed by atoms with E-state index in [0.717, 1.165) is 6.07 Å². The zero-order valence-corrected chi connectivity index (χ0v) is 10.7. The van der Waals surface area contributed by atoms with Crippen LogP contribution in [0.5, 0.6) is 0 Å². The SMILES string of the molecule is Cc1c(F)cc(CO)cc1S(=O)(=O)NCCCF. The normalized spacial score (nSPS) is 11.8. The summed E-state index contributed by atoms with van der Waals surface area (Å²) in [5.41, 5.74) is 0.143. The fourth-order valence-corrected chi connectivity index (χ4v) is 2.80. The van der Waals surface area contributed by atoms with E-state index in [1.807, 2.05) is 0 Å². The average Bonchev–Trinajstić information content (AvgIpc) is 2.32. The first-order chi connectivity index (χ1) is 8.42. The van der Waals surface area contributed by atoms with Gasteiger partial charge in [0, 0.05) is 12.1 Å². The van der Waals surface area contributed by atoms with Crippen molar-refractivity contribution in [2.75, 3.05) is 13.2 Å². The highest BCUT2D eigenvalue weighted by molar-refractivity contribution is 7.89. The lowest BCUT2D eigenvalue weighted by Crippen LogP contribution is -2.26. The van der Waals surface area contributed by atoms with E-state index >= 15 is 0 Å². The van der Waals surface area contributed by atoms with Crippen LogP contribution in [0.15, 0.2) is 17.0 Å². The Morgan fingerprint density at radius 2 is 2.06 bits per heavy atom. The molecule has 1 aromatic carbocycles. The monoisotopic (exact) mass is 279 g/mol. The van der Waals surface area contributed by atoms with Gasteiger partial charge >= 0.3 is 0 Å². The topological polar surface area (TPSA) is 66.4 Å². The number of rotatable bonds is 6. The van der Waals surface area contributed by atoms with Crippen molar-refractivity contribution in [1.82, 2.24) is 4.72 Å². The first-order valence-electron chi connectivity index (χ1n) is 5.38. The average molecular weight is 279 g/mol. The largest absolute Gasteiger partial charge is 0.392 e. The van der Waals surface area contributed by atoms with Gasteiger partial charge in [-0.05, 0) is 31.0 Å². The van der Waals surface area contributed by atoms with Gasteiger partial charge in [-0.2, -0.15) is 0 Å². The van der Waals surface area contributed by atoms with E-state index in [-0.39, 0.29) is 29.0 Å². The first-order valence-corrected chi connectivity index (χ1v) is 6.86. The number of sulfonamides is 1. The molecule has 102 valence electrons. The molecule has 0 saturated carbocycles. The molecular weight excluding hydrogens is 264 g/mol. The molecule has 0 amide bonds. The van der Waals surface area contributed by atoms with Crippen LogP contribution in [0.3, 0.4) is 0 Å². The number of hydrogen-bond acceptors (Lipinski definition) is 3. The lowest BCUT2D eigenvalue weighted by Gasteiger charge is -2.11. The Bertz CT molecular complexity index is 517. The molecule has 0 fully saturated rings. The molecule has 1 aromatic rings. The summed E-state index contributed by atoms with van der Waals surface area (Å²) in [6.07, 6.45) is 0.0560. The number of aliphatic hydroxyl groups excluding tert-OH is 1. The van der Waals surface area contributed by atoms with E-state index in [0.29, 0.717) is 0 Å². The van der Waals surface area contributed by atoms with Gasteiger partial charge in [-0.1, -0.05) is 0 Å². The summed E-state index contributed by atoms with van der Waals surface area (Å²) in [4.78, 5) is -0.231. The third-order valence-corrected chi connectivity index (χ3v) is 4.02. The van der Waals surface area contributed by atoms with E-state index in [4.69, 9.17) is 5.11 Å². The van der Waals surface area contributed by atoms with Crippen LogP contribution in [0.1, 0.15) is 17.5 Å². The minimum atomic E-state index is -3.89. The second-order valence-electron chi connectivity index (χ2n) is 3.80. The van der Waals surface area contributed by atoms with E-state index in [1.54, 1.807) is 0 Å². The Morgan fingerprint density at radius 3 is 2.61 bits per heavy atom. The highest BCUT2D eigenvalue weighted by Crippen LogP contribution is 2.20. The van der Waals surface area contributed by atoms with E-state index in [2.05, 4.69) is 4.72 Å². The van der Waals surface area contributed by atoms with Crippen molar-refractivity contribution in [2.24, 2.45) is 0 Å². The fourth-order valence-electron chi connectivity index (χ4n) is 1.43. The van der Waals surface area contributed by atoms with Gasteiger partial charge < -0.3 is 5.11 Å². The molecular formula is C11H15F2NO3S. The number of alkyl halides is 1. The van der Waals surface area contributed by atoms with Crippen molar-refractivity contribution in [3.05, 3.63) is 29.1 Å². The predicted molar refractivity (Wildman–Crippen MR) is 62.8 cm³/mol. The van der Waals surface area contributed by atoms with Crippen molar-refractivity contribution in [2.45, 2.75) is 24.8 Å². The molecule has 0 radical (unpaired) electrons. The van der Waals surface area contributed by atoms with E-state index in [9.17, 15) is 17.2 Å². The molecule has 0 spiro atoms. The number of halogens is 2. The number of nitrogens with one attached hydrogen (secondary N) is 1. The Labute approximate surface area is 105 Å². The summed E-state index contributed by atoms with van der Waals surface area (Å²) in [7, 11) is -3.89. The fraction of sp³-hybridized carbons (Fsp3) is 0.455. The van der Waals surface area contributed by atoms with Crippen LogP contribution < -0.4 is 4.72 Å². The molecule has 0 aliphatic rings. The summed E-state index contributed by atoms with van der Waals surface area (Å²) in [5, 5.41) is 8.93. The summed E-state index contributed by atoms with van der Waals surface area (Å²) in [6, 6.07) is 2.28. The van der Waals surface area contributed by atoms with Gasteiger partial charge in [-0.25, -0.2) is 17.5 Å². The summed E-state index contributed by atoms with van der Waals surface area (Å²) in [5.74, 6) is -0.701. The highest BCUT2D eigenvalue weighted by Gasteiger charge is 2.19. The highest BCUT2D eigenvalue weighted by atomic mass is 32.2. The van der Waals surface area contributed by atoms with Gasteiger partial charge in [0.05, 0.1) is 18.2 Å². The summed E-state index contributed by atoms with van der Waals surface area (Å²) >= 11 is 0. The maximum atomic E-state index is 13.5. The maximum Gasteiger partial charge on any atom is 0.240 e. The van der Waals surface area contributed by atoms with Crippen molar-refractivity contribution in [3.8, 4) is 0 Å². The smallest absolute Gasteiger partial charge is 0.240 e. The predicted octanol–water partition coefficient (Wildman–Crippen LogP) is 1.26. The molecule has 7 heteroatoms. The third-order valence-electron chi connectivity index (χ3n) is 2.43. The first kappa shape index (κ1) is 15.0. The van der Waals surface area contributed by atoms with Crippen molar-refractivity contribution in [1.29, 1.82) is 0 Å². The quantitative estimate of drug-likeness (QED) is 0.771. The summed E-state index contributed by atoms with van der Waals surface area (Å²) in [6.45, 7) is 0.195. The second-order valence-corrected chi connectivity index (χ2v) is 5.53. The molecule has 0 aromatic heterocycles. The van der Waals surface area contributed by atoms with Gasteiger partial charge in [0.2, 0.25) is 10.0 Å². The van der Waals surface area contributed by atoms with Gasteiger partial charge in [0.15, 0.2) is 0 Å². The van der Waals surface area contributed by atoms with Gasteiger partial charge in [-0.3, -0.25) is 4.39 Å². The molecule has 18 heavy (non-hydrogen) atoms. The van der Waals surface area contributed by atoms with Crippen LogP contribution in [-0.2, 0) is 16.6 Å². The minimum absolute atomic E-state index is 0.0278. The molecule has 0 unspecified atom stereocenters. The van der Waals surface area contributed by atoms with E-state index < -0.39 is 29.1 Å². The number of benzene rings is 1. The Morgan fingerprint density at radius 1 is 1.39 bits per heavy atom. The van der Waals surface area contributed by atoms with Crippen molar-refractivity contribution < 1.29 is 22.3 Å². The Kier molecular flexibility index (Phi) is 5.18. The minimum Gasteiger partial charge on any atom is -0.392 e. The zero-order chi connectivity index (χ0) is 13.8. The van der Waals surface area contributed by atoms with Crippen LogP contribution in [0.25, 0.3) is 0 Å². The van der Waals surface area contributed by atoms with Crippen molar-refractivity contribution in [3.63, 3.8) is 0 Å². The molecule has 0 bridgehead atoms. The van der Waals surface area contributed by atoms with Gasteiger partial charge in [0.25, 0.3) is 0 Å². The Balaban J connectivity index is 3.11. The molecule has 0 atom stereocenters. The number of aliphatic hydroxyl groups is 1. The van der Waals surface area contributed by atoms with Crippen LogP contribution in [-0.4, -0.2) is 26.7 Å². The summed E-state index contributed by atoms with van der Waals surface area (Å²) < 4.78 is 51.3. The van der Waals surface area contributed by atoms with Gasteiger partial charge in [0.1, 0.15) is 5.82 Å². The van der Waals surface area contributed by atoms with Crippen LogP contribution in [0, 0.1) is 12.7 Å². The third kappa shape index (κ3) is 3.47. The standard InChI is InChI=1S/C11H15F2NO3S/c1-8-10(13)5-9(7-15)6-11(8)18(16,17)14-4-2-3-12/h5-6,14-15H,2-4,7H2,1H3. The lowest BCUT2D eigenvalue weighted by molar-refractivity contribution is 0.281. The van der Waals surface area contributed by atoms with Crippen LogP contribution >= 0.6 is 0 Å².